The highest BCUT2D eigenvalue weighted by Gasteiger charge is 2.22. The summed E-state index contributed by atoms with van der Waals surface area (Å²) in [5.74, 6) is -1.02. The van der Waals surface area contributed by atoms with E-state index in [1.54, 1.807) is 21.0 Å². The van der Waals surface area contributed by atoms with E-state index < -0.39 is 5.97 Å². The zero-order valence-corrected chi connectivity index (χ0v) is 8.70. The van der Waals surface area contributed by atoms with E-state index in [0.717, 1.165) is 13.0 Å². The van der Waals surface area contributed by atoms with Gasteiger partial charge in [-0.05, 0) is 19.4 Å². The first-order valence-electron chi connectivity index (χ1n) is 4.35. The van der Waals surface area contributed by atoms with Gasteiger partial charge in [0.2, 0.25) is 5.76 Å². The van der Waals surface area contributed by atoms with E-state index in [4.69, 9.17) is 9.94 Å². The standard InChI is InChI=1S/C9H17NO3/c1-5-7-10(3,4)13-9(12)8(11)6-2/h6H,5,7H2,1-4H3/p+1. The third-order valence-corrected chi connectivity index (χ3v) is 1.57. The molecular weight excluding hydrogens is 170 g/mol. The molecule has 0 radical (unpaired) electrons. The fourth-order valence-electron chi connectivity index (χ4n) is 0.973. The molecule has 4 heteroatoms. The number of allylic oxidation sites excluding steroid dienone is 1. The van der Waals surface area contributed by atoms with Crippen molar-refractivity contribution in [3.8, 4) is 0 Å². The fourth-order valence-corrected chi connectivity index (χ4v) is 0.973. The molecule has 0 aliphatic rings. The smallest absolute Gasteiger partial charge is 0.430 e. The van der Waals surface area contributed by atoms with Crippen molar-refractivity contribution >= 4 is 5.97 Å². The number of quaternary nitrogens is 1. The Labute approximate surface area is 79.0 Å². The molecule has 0 saturated carbocycles. The molecule has 0 aromatic rings. The Morgan fingerprint density at radius 2 is 2.08 bits per heavy atom. The molecule has 13 heavy (non-hydrogen) atoms. The molecule has 0 bridgehead atoms. The normalized spacial score (nSPS) is 12.8. The van der Waals surface area contributed by atoms with Crippen molar-refractivity contribution in [1.82, 2.24) is 0 Å². The van der Waals surface area contributed by atoms with Crippen LogP contribution in [0.3, 0.4) is 0 Å². The van der Waals surface area contributed by atoms with Gasteiger partial charge in [0.15, 0.2) is 0 Å². The van der Waals surface area contributed by atoms with Gasteiger partial charge in [0.05, 0.1) is 0 Å². The minimum atomic E-state index is -0.680. The Balaban J connectivity index is 4.19. The van der Waals surface area contributed by atoms with Crippen LogP contribution in [-0.4, -0.2) is 36.4 Å². The second-order valence-corrected chi connectivity index (χ2v) is 3.35. The highest BCUT2D eigenvalue weighted by molar-refractivity contribution is 5.84. The lowest BCUT2D eigenvalue weighted by atomic mass is 10.4. The molecule has 0 rings (SSSR count). The molecule has 0 atom stereocenters. The van der Waals surface area contributed by atoms with Crippen molar-refractivity contribution in [2.24, 2.45) is 0 Å². The molecule has 0 aromatic heterocycles. The van der Waals surface area contributed by atoms with E-state index in [1.165, 1.54) is 6.08 Å². The van der Waals surface area contributed by atoms with Crippen LogP contribution in [-0.2, 0) is 9.63 Å². The van der Waals surface area contributed by atoms with Crippen molar-refractivity contribution in [2.75, 3.05) is 20.6 Å². The molecule has 0 amide bonds. The molecule has 76 valence electrons. The first kappa shape index (κ1) is 12.0. The Bertz CT molecular complexity index is 209. The first-order chi connectivity index (χ1) is 5.93. The van der Waals surface area contributed by atoms with E-state index in [2.05, 4.69) is 0 Å². The average Bonchev–Trinajstić information content (AvgIpc) is 2.01. The average molecular weight is 188 g/mol. The van der Waals surface area contributed by atoms with Crippen LogP contribution in [0.1, 0.15) is 20.3 Å². The lowest BCUT2D eigenvalue weighted by Crippen LogP contribution is -2.42. The third kappa shape index (κ3) is 4.52. The molecule has 1 N–H and O–H groups in total. The number of rotatable bonds is 4. The van der Waals surface area contributed by atoms with E-state index in [9.17, 15) is 4.79 Å². The van der Waals surface area contributed by atoms with Gasteiger partial charge in [-0.1, -0.05) is 6.92 Å². The molecular formula is C9H18NO3+. The molecule has 0 saturated heterocycles. The number of hydrogen-bond acceptors (Lipinski definition) is 3. The number of hydrogen-bond donors (Lipinski definition) is 1. The van der Waals surface area contributed by atoms with Gasteiger partial charge >= 0.3 is 5.97 Å². The summed E-state index contributed by atoms with van der Waals surface area (Å²) in [6, 6.07) is 0. The van der Waals surface area contributed by atoms with Crippen LogP contribution < -0.4 is 0 Å². The maximum Gasteiger partial charge on any atom is 0.430 e. The lowest BCUT2D eigenvalue weighted by molar-refractivity contribution is -1.06. The minimum Gasteiger partial charge on any atom is -0.502 e. The molecule has 0 spiro atoms. The number of nitrogens with zero attached hydrogens (tertiary/aromatic N) is 1. The fraction of sp³-hybridized carbons (Fsp3) is 0.667. The topological polar surface area (TPSA) is 46.5 Å². The van der Waals surface area contributed by atoms with Crippen LogP contribution in [0.15, 0.2) is 11.8 Å². The van der Waals surface area contributed by atoms with Crippen molar-refractivity contribution < 1.29 is 19.4 Å². The van der Waals surface area contributed by atoms with Crippen LogP contribution in [0.4, 0.5) is 0 Å². The minimum absolute atomic E-state index is 0.132. The maximum atomic E-state index is 11.1. The molecule has 0 unspecified atom stereocenters. The van der Waals surface area contributed by atoms with Gasteiger partial charge in [0, 0.05) is 0 Å². The summed E-state index contributed by atoms with van der Waals surface area (Å²) in [4.78, 5) is 16.1. The van der Waals surface area contributed by atoms with E-state index >= 15 is 0 Å². The third-order valence-electron chi connectivity index (χ3n) is 1.57. The van der Waals surface area contributed by atoms with E-state index in [0.29, 0.717) is 0 Å². The van der Waals surface area contributed by atoms with Gasteiger partial charge in [-0.15, -0.1) is 4.65 Å². The van der Waals surface area contributed by atoms with Gasteiger partial charge in [-0.25, -0.2) is 4.79 Å². The monoisotopic (exact) mass is 188 g/mol. The lowest BCUT2D eigenvalue weighted by Gasteiger charge is -2.24. The molecule has 0 fully saturated rings. The second-order valence-electron chi connectivity index (χ2n) is 3.35. The van der Waals surface area contributed by atoms with Crippen LogP contribution in [0, 0.1) is 0 Å². The van der Waals surface area contributed by atoms with Crippen LogP contribution in [0.25, 0.3) is 0 Å². The Morgan fingerprint density at radius 3 is 2.46 bits per heavy atom. The summed E-state index contributed by atoms with van der Waals surface area (Å²) >= 11 is 0. The number of hydroxylamine groups is 3. The Kier molecular flexibility index (Phi) is 4.48. The first-order valence-corrected chi connectivity index (χ1v) is 4.35. The zero-order chi connectivity index (χ0) is 10.5. The predicted octanol–water partition coefficient (Wildman–Crippen LogP) is 1.39. The summed E-state index contributed by atoms with van der Waals surface area (Å²) < 4.78 is 0.132. The van der Waals surface area contributed by atoms with Gasteiger partial charge in [-0.2, -0.15) is 0 Å². The number of carbonyl (C=O) groups excluding carboxylic acids is 1. The van der Waals surface area contributed by atoms with Crippen LogP contribution in [0.5, 0.6) is 0 Å². The molecule has 0 heterocycles. The molecule has 4 nitrogen and oxygen atoms in total. The summed E-state index contributed by atoms with van der Waals surface area (Å²) in [5, 5.41) is 9.03. The number of aliphatic hydroxyl groups excluding tert-OH is 1. The second kappa shape index (κ2) is 4.87. The SMILES string of the molecule is CC=C(O)C(=O)O[N+](C)(C)CCC. The van der Waals surface area contributed by atoms with Gasteiger partial charge in [0.25, 0.3) is 0 Å². The number of carbonyl (C=O) groups is 1. The van der Waals surface area contributed by atoms with Gasteiger partial charge in [-0.3, -0.25) is 4.84 Å². The highest BCUT2D eigenvalue weighted by Crippen LogP contribution is 2.04. The Morgan fingerprint density at radius 1 is 1.54 bits per heavy atom. The maximum absolute atomic E-state index is 11.1. The van der Waals surface area contributed by atoms with Crippen LogP contribution in [0.2, 0.25) is 0 Å². The molecule has 0 aromatic carbocycles. The molecule has 0 aliphatic heterocycles. The van der Waals surface area contributed by atoms with Gasteiger partial charge in [0.1, 0.15) is 20.6 Å². The van der Waals surface area contributed by atoms with E-state index in [1.807, 2.05) is 6.92 Å². The zero-order valence-electron chi connectivity index (χ0n) is 8.70. The largest absolute Gasteiger partial charge is 0.502 e. The van der Waals surface area contributed by atoms with E-state index in [-0.39, 0.29) is 10.4 Å². The highest BCUT2D eigenvalue weighted by atomic mass is 16.7. The van der Waals surface area contributed by atoms with Crippen molar-refractivity contribution in [3.63, 3.8) is 0 Å². The van der Waals surface area contributed by atoms with Crippen molar-refractivity contribution in [1.29, 1.82) is 0 Å². The van der Waals surface area contributed by atoms with Crippen molar-refractivity contribution in [3.05, 3.63) is 11.8 Å². The van der Waals surface area contributed by atoms with Crippen LogP contribution >= 0.6 is 0 Å². The van der Waals surface area contributed by atoms with Crippen molar-refractivity contribution in [2.45, 2.75) is 20.3 Å². The quantitative estimate of drug-likeness (QED) is 0.314. The summed E-state index contributed by atoms with van der Waals surface area (Å²) in [7, 11) is 3.54. The van der Waals surface area contributed by atoms with Gasteiger partial charge < -0.3 is 5.11 Å². The summed E-state index contributed by atoms with van der Waals surface area (Å²) in [6.45, 7) is 4.31. The summed E-state index contributed by atoms with van der Waals surface area (Å²) in [6.07, 6.45) is 2.23. The molecule has 0 aliphatic carbocycles. The Hall–Kier alpha value is -1.03. The number of aliphatic hydroxyl groups is 1. The predicted molar refractivity (Wildman–Crippen MR) is 49.7 cm³/mol. The summed E-state index contributed by atoms with van der Waals surface area (Å²) in [5.41, 5.74) is 0.